The van der Waals surface area contributed by atoms with Crippen molar-refractivity contribution in [3.05, 3.63) is 147 Å². The highest BCUT2D eigenvalue weighted by Gasteiger charge is 2.53. The number of hydrogen-bond donors (Lipinski definition) is 3. The van der Waals surface area contributed by atoms with Gasteiger partial charge in [0.2, 0.25) is 5.90 Å². The molecule has 46 heavy (non-hydrogen) atoms. The van der Waals surface area contributed by atoms with Gasteiger partial charge in [0.1, 0.15) is 11.6 Å². The summed E-state index contributed by atoms with van der Waals surface area (Å²) < 4.78 is 25.6. The Balaban J connectivity index is 1.50. The molecule has 0 aliphatic carbocycles. The molecule has 3 N–H and O–H groups in total. The first kappa shape index (κ1) is 32.2. The van der Waals surface area contributed by atoms with Crippen LogP contribution in [0.5, 0.6) is 5.75 Å². The molecule has 0 bridgehead atoms. The van der Waals surface area contributed by atoms with Crippen molar-refractivity contribution >= 4 is 11.8 Å². The van der Waals surface area contributed by atoms with Crippen LogP contribution in [0.4, 0.5) is 4.39 Å². The van der Waals surface area contributed by atoms with Crippen molar-refractivity contribution in [2.45, 2.75) is 37.5 Å². The Morgan fingerprint density at radius 1 is 1.00 bits per heavy atom. The second-order valence-electron chi connectivity index (χ2n) is 10.8. The average Bonchev–Trinajstić information content (AvgIpc) is 3.48. The van der Waals surface area contributed by atoms with Crippen molar-refractivity contribution in [3.8, 4) is 5.75 Å². The zero-order valence-electron chi connectivity index (χ0n) is 25.2. The predicted molar refractivity (Wildman–Crippen MR) is 172 cm³/mol. The number of aliphatic hydroxyl groups excluding tert-OH is 1. The number of aliphatic hydroxyl groups is 1. The van der Waals surface area contributed by atoms with Crippen molar-refractivity contribution in [2.24, 2.45) is 10.1 Å². The van der Waals surface area contributed by atoms with Crippen LogP contribution in [-0.4, -0.2) is 42.2 Å². The third-order valence-corrected chi connectivity index (χ3v) is 7.67. The SMILES string of the molecule is [N-]=[N+]=NCc1ccccc1C[C@]1(C(=O)NNCCc2ccc(F)cc2)N=C(c2ccc(OCCCO)cc2)O[C@H]1c1ccccc1. The zero-order chi connectivity index (χ0) is 32.2. The number of azide groups is 1. The first-order valence-corrected chi connectivity index (χ1v) is 15.0. The summed E-state index contributed by atoms with van der Waals surface area (Å²) in [6.07, 6.45) is 0.437. The molecular weight excluding hydrogens is 587 g/mol. The number of hydrogen-bond acceptors (Lipinski definition) is 7. The van der Waals surface area contributed by atoms with E-state index in [1.807, 2.05) is 66.7 Å². The van der Waals surface area contributed by atoms with E-state index in [9.17, 15) is 9.18 Å². The number of aliphatic imine (C=N–C) groups is 1. The van der Waals surface area contributed by atoms with E-state index >= 15 is 0 Å². The summed E-state index contributed by atoms with van der Waals surface area (Å²) in [4.78, 5) is 22.3. The van der Waals surface area contributed by atoms with Crippen LogP contribution in [0.3, 0.4) is 0 Å². The molecule has 0 saturated heterocycles. The molecule has 0 radical (unpaired) electrons. The first-order chi connectivity index (χ1) is 22.5. The highest BCUT2D eigenvalue weighted by molar-refractivity contribution is 6.01. The molecule has 0 aromatic heterocycles. The minimum atomic E-state index is -1.46. The fourth-order valence-electron chi connectivity index (χ4n) is 5.30. The van der Waals surface area contributed by atoms with Gasteiger partial charge in [-0.15, -0.1) is 0 Å². The maximum Gasteiger partial charge on any atom is 0.266 e. The van der Waals surface area contributed by atoms with Crippen LogP contribution in [0, 0.1) is 5.82 Å². The number of nitrogens with one attached hydrogen (secondary N) is 2. The summed E-state index contributed by atoms with van der Waals surface area (Å²) in [6.45, 7) is 0.939. The Bertz CT molecular complexity index is 1680. The van der Waals surface area contributed by atoms with Gasteiger partial charge in [0.05, 0.1) is 13.2 Å². The zero-order valence-corrected chi connectivity index (χ0v) is 25.2. The Morgan fingerprint density at radius 2 is 1.72 bits per heavy atom. The van der Waals surface area contributed by atoms with Gasteiger partial charge in [-0.3, -0.25) is 10.2 Å². The molecule has 1 heterocycles. The second-order valence-corrected chi connectivity index (χ2v) is 10.8. The van der Waals surface area contributed by atoms with E-state index in [1.54, 1.807) is 24.3 Å². The van der Waals surface area contributed by atoms with Crippen LogP contribution < -0.4 is 15.6 Å². The minimum Gasteiger partial charge on any atom is -0.494 e. The van der Waals surface area contributed by atoms with Crippen molar-refractivity contribution in [2.75, 3.05) is 19.8 Å². The highest BCUT2D eigenvalue weighted by Crippen LogP contribution is 2.43. The van der Waals surface area contributed by atoms with Gasteiger partial charge in [-0.1, -0.05) is 71.8 Å². The Kier molecular flexibility index (Phi) is 11.0. The third-order valence-electron chi connectivity index (χ3n) is 7.67. The van der Waals surface area contributed by atoms with Gasteiger partial charge in [0.25, 0.3) is 5.91 Å². The predicted octanol–water partition coefficient (Wildman–Crippen LogP) is 5.76. The molecule has 2 atom stereocenters. The number of benzene rings is 4. The summed E-state index contributed by atoms with van der Waals surface area (Å²) in [5.41, 5.74) is 17.3. The standard InChI is InChI=1S/C35H35FN6O4/c36-30-15-11-25(12-16-30)19-20-38-41-34(44)35(23-28-9-4-5-10-29(28)24-39-42-37)32(26-7-2-1-3-8-26)46-33(40-35)27-13-17-31(18-14-27)45-22-6-21-43/h1-5,7-18,32,38,43H,6,19-24H2,(H,41,44)/t32-,35-/m0/s1. The van der Waals surface area contributed by atoms with E-state index in [0.29, 0.717) is 43.2 Å². The molecular formula is C35H35FN6O4. The van der Waals surface area contributed by atoms with Crippen molar-refractivity contribution in [3.63, 3.8) is 0 Å². The molecule has 5 rings (SSSR count). The minimum absolute atomic E-state index is 0.0425. The molecule has 0 saturated carbocycles. The fourth-order valence-corrected chi connectivity index (χ4v) is 5.30. The molecule has 0 unspecified atom stereocenters. The largest absolute Gasteiger partial charge is 0.494 e. The molecule has 1 aliphatic rings. The van der Waals surface area contributed by atoms with E-state index in [1.165, 1.54) is 12.1 Å². The molecule has 10 nitrogen and oxygen atoms in total. The lowest BCUT2D eigenvalue weighted by molar-refractivity contribution is -0.130. The van der Waals surface area contributed by atoms with Crippen LogP contribution in [0.25, 0.3) is 10.4 Å². The summed E-state index contributed by atoms with van der Waals surface area (Å²) in [5.74, 6) is 0.220. The van der Waals surface area contributed by atoms with Gasteiger partial charge in [0, 0.05) is 36.5 Å². The van der Waals surface area contributed by atoms with Gasteiger partial charge in [-0.25, -0.2) is 14.8 Å². The first-order valence-electron chi connectivity index (χ1n) is 15.0. The Hall–Kier alpha value is -5.22. The van der Waals surface area contributed by atoms with E-state index in [-0.39, 0.29) is 25.4 Å². The number of nitrogens with zero attached hydrogens (tertiary/aromatic N) is 4. The molecule has 0 spiro atoms. The summed E-state index contributed by atoms with van der Waals surface area (Å²) in [5, 5.41) is 12.8. The lowest BCUT2D eigenvalue weighted by atomic mass is 9.81. The lowest BCUT2D eigenvalue weighted by Crippen LogP contribution is -2.54. The monoisotopic (exact) mass is 622 g/mol. The van der Waals surface area contributed by atoms with E-state index < -0.39 is 17.6 Å². The van der Waals surface area contributed by atoms with Gasteiger partial charge < -0.3 is 14.6 Å². The number of carbonyl (C=O) groups excluding carboxylic acids is 1. The normalized spacial score (nSPS) is 17.0. The number of hydrazine groups is 1. The summed E-state index contributed by atoms with van der Waals surface area (Å²) >= 11 is 0. The van der Waals surface area contributed by atoms with Crippen molar-refractivity contribution in [1.82, 2.24) is 10.9 Å². The maximum absolute atomic E-state index is 14.4. The summed E-state index contributed by atoms with van der Waals surface area (Å²) in [7, 11) is 0. The fraction of sp³-hybridized carbons (Fsp3) is 0.257. The number of amides is 1. The van der Waals surface area contributed by atoms with Gasteiger partial charge in [0.15, 0.2) is 11.6 Å². The summed E-state index contributed by atoms with van der Waals surface area (Å²) in [6, 6.07) is 30.4. The maximum atomic E-state index is 14.4. The van der Waals surface area contributed by atoms with E-state index in [4.69, 9.17) is 25.1 Å². The van der Waals surface area contributed by atoms with Crippen molar-refractivity contribution < 1.29 is 23.8 Å². The molecule has 4 aromatic rings. The number of rotatable bonds is 15. The van der Waals surface area contributed by atoms with E-state index in [0.717, 1.165) is 22.3 Å². The van der Waals surface area contributed by atoms with Crippen LogP contribution in [0.2, 0.25) is 0 Å². The molecule has 1 aliphatic heterocycles. The second kappa shape index (κ2) is 15.7. The van der Waals surface area contributed by atoms with Crippen molar-refractivity contribution in [1.29, 1.82) is 0 Å². The van der Waals surface area contributed by atoms with Crippen LogP contribution >= 0.6 is 0 Å². The average molecular weight is 623 g/mol. The molecule has 1 amide bonds. The Morgan fingerprint density at radius 3 is 2.43 bits per heavy atom. The van der Waals surface area contributed by atoms with Crippen LogP contribution in [-0.2, 0) is 28.9 Å². The molecule has 11 heteroatoms. The number of carbonyl (C=O) groups is 1. The highest BCUT2D eigenvalue weighted by atomic mass is 19.1. The number of halogens is 1. The van der Waals surface area contributed by atoms with Crippen LogP contribution in [0.1, 0.15) is 40.3 Å². The topological polar surface area (TPSA) is 141 Å². The van der Waals surface area contributed by atoms with Gasteiger partial charge >= 0.3 is 0 Å². The third kappa shape index (κ3) is 7.89. The molecule has 0 fully saturated rings. The van der Waals surface area contributed by atoms with Gasteiger partial charge in [-0.05, 0) is 70.6 Å². The molecule has 4 aromatic carbocycles. The lowest BCUT2D eigenvalue weighted by Gasteiger charge is -2.31. The number of ether oxygens (including phenoxy) is 2. The van der Waals surface area contributed by atoms with E-state index in [2.05, 4.69) is 20.9 Å². The quantitative estimate of drug-likeness (QED) is 0.0508. The Labute approximate surface area is 266 Å². The van der Waals surface area contributed by atoms with Crippen LogP contribution in [0.15, 0.2) is 113 Å². The molecule has 236 valence electrons. The smallest absolute Gasteiger partial charge is 0.266 e. The van der Waals surface area contributed by atoms with Gasteiger partial charge in [-0.2, -0.15) is 0 Å².